The van der Waals surface area contributed by atoms with E-state index < -0.39 is 0 Å². The lowest BCUT2D eigenvalue weighted by Gasteiger charge is -2.45. The molecule has 3 N–H and O–H groups in total. The molecule has 0 radical (unpaired) electrons. The van der Waals surface area contributed by atoms with Crippen molar-refractivity contribution < 1.29 is 0 Å². The highest BCUT2D eigenvalue weighted by Gasteiger charge is 2.54. The molecule has 3 nitrogen and oxygen atoms in total. The van der Waals surface area contributed by atoms with Gasteiger partial charge in [0.15, 0.2) is 0 Å². The maximum Gasteiger partial charge on any atom is 0.0858 e. The van der Waals surface area contributed by atoms with E-state index in [2.05, 4.69) is 131 Å². The van der Waals surface area contributed by atoms with Gasteiger partial charge in [-0.3, -0.25) is 16.0 Å². The average molecular weight is 872 g/mol. The second kappa shape index (κ2) is 17.4. The molecule has 1 saturated heterocycles. The number of allylic oxidation sites excluding steroid dienone is 11. The Morgan fingerprint density at radius 1 is 0.561 bits per heavy atom. The molecule has 1 aliphatic heterocycles. The Hall–Kier alpha value is -4.28. The fourth-order valence-electron chi connectivity index (χ4n) is 16.1. The van der Waals surface area contributed by atoms with Crippen molar-refractivity contribution in [1.29, 1.82) is 0 Å². The molecular weight excluding hydrogens is 799 g/mol. The molecule has 3 fully saturated rings. The standard InChI is InChI=1S/C63H73N3/c1-5-17-42(18-6-1)43-27-31-46(32-28-43)60-64-59(45-19-7-2-8-20-45)65-61(66-60)47-33-29-44(30-34-47)48-21-15-22-49(39-48)50-24-16-26-55-58(50)53-41-56-52(40-57(53)63(55)37-13-4-14-38-63)51-23-9-10-25-54(51)62(56)35-11-3-12-36-62/h1,5-7,9-10,16-20,23-27,33,39-40,44,46,48,53,59-61,64-66H,2-4,8,11-15,21-22,28-32,34-38,41H2. The summed E-state index contributed by atoms with van der Waals surface area (Å²) in [6.45, 7) is 0. The van der Waals surface area contributed by atoms with Crippen LogP contribution < -0.4 is 16.0 Å². The van der Waals surface area contributed by atoms with E-state index in [0.29, 0.717) is 17.8 Å². The largest absolute Gasteiger partial charge is 0.283 e. The Morgan fingerprint density at radius 2 is 1.32 bits per heavy atom. The number of rotatable bonds is 6. The first kappa shape index (κ1) is 41.9. The van der Waals surface area contributed by atoms with Gasteiger partial charge in [-0.2, -0.15) is 0 Å². The lowest BCUT2D eigenvalue weighted by Crippen LogP contribution is -2.70. The summed E-state index contributed by atoms with van der Waals surface area (Å²) in [7, 11) is 0. The molecule has 3 heteroatoms. The average Bonchev–Trinajstić information content (AvgIpc) is 3.81. The van der Waals surface area contributed by atoms with Gasteiger partial charge in [0, 0.05) is 16.7 Å². The lowest BCUT2D eigenvalue weighted by atomic mass is 9.62. The van der Waals surface area contributed by atoms with E-state index in [1.54, 1.807) is 50.1 Å². The zero-order valence-corrected chi connectivity index (χ0v) is 39.6. The zero-order valence-electron chi connectivity index (χ0n) is 39.6. The maximum atomic E-state index is 4.16. The number of hydrogen-bond donors (Lipinski definition) is 3. The Bertz CT molecular complexity index is 2580. The highest BCUT2D eigenvalue weighted by molar-refractivity contribution is 5.90. The summed E-state index contributed by atoms with van der Waals surface area (Å²) in [6.07, 6.45) is 47.0. The van der Waals surface area contributed by atoms with Crippen LogP contribution in [0.1, 0.15) is 181 Å². The Morgan fingerprint density at radius 3 is 2.11 bits per heavy atom. The quantitative estimate of drug-likeness (QED) is 0.216. The van der Waals surface area contributed by atoms with Crippen molar-refractivity contribution in [3.63, 3.8) is 0 Å². The molecule has 13 rings (SSSR count). The van der Waals surface area contributed by atoms with Crippen LogP contribution in [0.5, 0.6) is 0 Å². The van der Waals surface area contributed by atoms with Gasteiger partial charge in [0.1, 0.15) is 0 Å². The first-order chi connectivity index (χ1) is 32.6. The summed E-state index contributed by atoms with van der Waals surface area (Å²) in [5, 5.41) is 12.3. The monoisotopic (exact) mass is 872 g/mol. The summed E-state index contributed by atoms with van der Waals surface area (Å²) < 4.78 is 0. The Balaban J connectivity index is 0.772. The molecule has 9 aliphatic carbocycles. The fourth-order valence-corrected chi connectivity index (χ4v) is 16.1. The Kier molecular flexibility index (Phi) is 11.0. The molecule has 1 heterocycles. The minimum atomic E-state index is 0.180. The van der Waals surface area contributed by atoms with Crippen LogP contribution in [0.4, 0.5) is 0 Å². The predicted octanol–water partition coefficient (Wildman–Crippen LogP) is 14.8. The van der Waals surface area contributed by atoms with Crippen LogP contribution in [0.2, 0.25) is 0 Å². The third-order valence-electron chi connectivity index (χ3n) is 19.3. The van der Waals surface area contributed by atoms with E-state index in [0.717, 1.165) is 31.6 Å². The van der Waals surface area contributed by atoms with Gasteiger partial charge in [-0.05, 0) is 182 Å². The van der Waals surface area contributed by atoms with E-state index in [-0.39, 0.29) is 29.3 Å². The van der Waals surface area contributed by atoms with E-state index in [9.17, 15) is 0 Å². The number of benzene rings is 3. The van der Waals surface area contributed by atoms with Crippen molar-refractivity contribution in [2.45, 2.75) is 177 Å². The van der Waals surface area contributed by atoms with Crippen LogP contribution in [0.25, 0.3) is 16.7 Å². The third-order valence-corrected chi connectivity index (χ3v) is 19.3. The molecule has 3 aromatic rings. The van der Waals surface area contributed by atoms with Gasteiger partial charge in [-0.25, -0.2) is 0 Å². The van der Waals surface area contributed by atoms with Crippen LogP contribution in [0, 0.1) is 17.8 Å². The SMILES string of the molecule is C1=CC(C2NC(C3=CCC(C4C=C(c5cccc6c5C5CC7=C(C=C5C65CCCCC5)c5ccccc5C75CCCCC5)CCC4)CC3)NC(C3CC=C(c4ccccc4)CC3)N2)=CCC1. The summed E-state index contributed by atoms with van der Waals surface area (Å²) in [5.74, 6) is 2.51. The highest BCUT2D eigenvalue weighted by Crippen LogP contribution is 2.67. The lowest BCUT2D eigenvalue weighted by molar-refractivity contribution is 0.172. The second-order valence-corrected chi connectivity index (χ2v) is 22.6. The topological polar surface area (TPSA) is 36.1 Å². The van der Waals surface area contributed by atoms with Crippen molar-refractivity contribution in [3.8, 4) is 0 Å². The number of fused-ring (bicyclic) bond motifs is 9. The summed E-state index contributed by atoms with van der Waals surface area (Å²) >= 11 is 0. The number of nitrogens with one attached hydrogen (secondary N) is 3. The molecular formula is C63H73N3. The molecule has 0 bridgehead atoms. The molecule has 7 unspecified atom stereocenters. The van der Waals surface area contributed by atoms with E-state index in [1.807, 2.05) is 5.57 Å². The summed E-state index contributed by atoms with van der Waals surface area (Å²) in [6, 6.07) is 28.4. The molecule has 0 aromatic heterocycles. The van der Waals surface area contributed by atoms with Crippen molar-refractivity contribution in [2.75, 3.05) is 0 Å². The first-order valence-corrected chi connectivity index (χ1v) is 27.1. The van der Waals surface area contributed by atoms with Gasteiger partial charge in [-0.1, -0.05) is 165 Å². The van der Waals surface area contributed by atoms with Crippen molar-refractivity contribution in [3.05, 3.63) is 171 Å². The first-order valence-electron chi connectivity index (χ1n) is 27.1. The molecule has 2 saturated carbocycles. The molecule has 66 heavy (non-hydrogen) atoms. The minimum absolute atomic E-state index is 0.180. The van der Waals surface area contributed by atoms with Crippen molar-refractivity contribution >= 4 is 16.7 Å². The third kappa shape index (κ3) is 7.07. The fraction of sp³-hybridized carbons (Fsp3) is 0.492. The van der Waals surface area contributed by atoms with Gasteiger partial charge in [0.2, 0.25) is 0 Å². The van der Waals surface area contributed by atoms with Crippen LogP contribution in [-0.4, -0.2) is 18.5 Å². The van der Waals surface area contributed by atoms with Gasteiger partial charge in [0.25, 0.3) is 0 Å². The maximum absolute atomic E-state index is 4.16. The van der Waals surface area contributed by atoms with Crippen LogP contribution in [0.3, 0.4) is 0 Å². The van der Waals surface area contributed by atoms with Crippen LogP contribution in [-0.2, 0) is 10.8 Å². The normalized spacial score (nSPS) is 32.1. The van der Waals surface area contributed by atoms with E-state index >= 15 is 0 Å². The summed E-state index contributed by atoms with van der Waals surface area (Å²) in [5.41, 5.74) is 21.7. The molecule has 10 aliphatic rings. The second-order valence-electron chi connectivity index (χ2n) is 22.6. The van der Waals surface area contributed by atoms with Crippen molar-refractivity contribution in [1.82, 2.24) is 16.0 Å². The van der Waals surface area contributed by atoms with Gasteiger partial charge >= 0.3 is 0 Å². The van der Waals surface area contributed by atoms with E-state index in [1.165, 1.54) is 132 Å². The molecule has 2 spiro atoms. The molecule has 3 aromatic carbocycles. The molecule has 7 atom stereocenters. The summed E-state index contributed by atoms with van der Waals surface area (Å²) in [4.78, 5) is 0. The van der Waals surface area contributed by atoms with Crippen molar-refractivity contribution in [2.24, 2.45) is 17.8 Å². The van der Waals surface area contributed by atoms with Crippen LogP contribution >= 0.6 is 0 Å². The predicted molar refractivity (Wildman–Crippen MR) is 275 cm³/mol. The molecule has 340 valence electrons. The van der Waals surface area contributed by atoms with Gasteiger partial charge in [0.05, 0.1) is 18.5 Å². The Labute approximate surface area is 396 Å². The highest BCUT2D eigenvalue weighted by atomic mass is 15.4. The minimum Gasteiger partial charge on any atom is -0.283 e. The van der Waals surface area contributed by atoms with Gasteiger partial charge < -0.3 is 0 Å². The van der Waals surface area contributed by atoms with E-state index in [4.69, 9.17) is 0 Å². The zero-order chi connectivity index (χ0) is 43.7. The van der Waals surface area contributed by atoms with Crippen LogP contribution in [0.15, 0.2) is 138 Å². The smallest absolute Gasteiger partial charge is 0.0858 e. The molecule has 0 amide bonds. The number of hydrogen-bond acceptors (Lipinski definition) is 3. The van der Waals surface area contributed by atoms with Gasteiger partial charge in [-0.15, -0.1) is 0 Å².